The average molecular weight is 224 g/mol. The van der Waals surface area contributed by atoms with E-state index in [0.717, 1.165) is 0 Å². The van der Waals surface area contributed by atoms with Crippen LogP contribution in [0.1, 0.15) is 17.3 Å². The summed E-state index contributed by atoms with van der Waals surface area (Å²) in [6.07, 6.45) is 1.73. The maximum absolute atomic E-state index is 11.8. The molecule has 0 bridgehead atoms. The van der Waals surface area contributed by atoms with Crippen LogP contribution in [0.4, 0.5) is 0 Å². The highest BCUT2D eigenvalue weighted by Gasteiger charge is 2.21. The summed E-state index contributed by atoms with van der Waals surface area (Å²) in [5.74, 6) is -0.628. The van der Waals surface area contributed by atoms with Gasteiger partial charge < -0.3 is 4.74 Å². The number of ether oxygens (including phenoxy) is 1. The minimum Gasteiger partial charge on any atom is -0.443 e. The van der Waals surface area contributed by atoms with Gasteiger partial charge in [-0.15, -0.1) is 11.8 Å². The number of carbonyl (C=O) groups excluding carboxylic acids is 2. The lowest BCUT2D eigenvalue weighted by Crippen LogP contribution is -2.22. The summed E-state index contributed by atoms with van der Waals surface area (Å²) in [7, 11) is 0. The Hall–Kier alpha value is -1.29. The molecule has 0 aliphatic heterocycles. The van der Waals surface area contributed by atoms with E-state index in [-0.39, 0.29) is 5.78 Å². The Morgan fingerprint density at radius 1 is 1.27 bits per heavy atom. The second-order valence-corrected chi connectivity index (χ2v) is 3.81. The number of benzene rings is 1. The van der Waals surface area contributed by atoms with Gasteiger partial charge in [0.15, 0.2) is 0 Å². The number of hydrogen-bond donors (Lipinski definition) is 0. The maximum Gasteiger partial charge on any atom is 0.304 e. The molecule has 0 aliphatic carbocycles. The van der Waals surface area contributed by atoms with Crippen molar-refractivity contribution < 1.29 is 14.3 Å². The number of hydrogen-bond acceptors (Lipinski definition) is 4. The zero-order valence-corrected chi connectivity index (χ0v) is 9.41. The van der Waals surface area contributed by atoms with Crippen molar-refractivity contribution in [3.63, 3.8) is 0 Å². The molecule has 1 rings (SSSR count). The summed E-state index contributed by atoms with van der Waals surface area (Å²) in [6, 6.07) is 8.79. The van der Waals surface area contributed by atoms with E-state index in [4.69, 9.17) is 4.74 Å². The molecule has 0 amide bonds. The molecular formula is C11H12O3S. The van der Waals surface area contributed by atoms with Crippen molar-refractivity contribution in [2.45, 2.75) is 12.4 Å². The predicted octanol–water partition coefficient (Wildman–Crippen LogP) is 2.12. The second-order valence-electron chi connectivity index (χ2n) is 2.91. The average Bonchev–Trinajstić information content (AvgIpc) is 2.26. The minimum absolute atomic E-state index is 0.182. The van der Waals surface area contributed by atoms with E-state index in [1.165, 1.54) is 18.7 Å². The lowest BCUT2D eigenvalue weighted by Gasteiger charge is -2.12. The number of ketones is 1. The highest BCUT2D eigenvalue weighted by atomic mass is 32.2. The SMILES string of the molecule is CSC(OC(C)=O)C(=O)c1ccccc1. The van der Waals surface area contributed by atoms with E-state index in [1.54, 1.807) is 30.5 Å². The summed E-state index contributed by atoms with van der Waals surface area (Å²) in [5, 5.41) is 0. The summed E-state index contributed by atoms with van der Waals surface area (Å²) >= 11 is 1.21. The van der Waals surface area contributed by atoms with Crippen molar-refractivity contribution >= 4 is 23.5 Å². The van der Waals surface area contributed by atoms with Gasteiger partial charge in [0.1, 0.15) is 0 Å². The van der Waals surface area contributed by atoms with Crippen molar-refractivity contribution in [2.75, 3.05) is 6.26 Å². The fraction of sp³-hybridized carbons (Fsp3) is 0.273. The summed E-state index contributed by atoms with van der Waals surface area (Å²) in [4.78, 5) is 22.6. The normalized spacial score (nSPS) is 11.9. The fourth-order valence-corrected chi connectivity index (χ4v) is 1.68. The van der Waals surface area contributed by atoms with Gasteiger partial charge in [-0.05, 0) is 6.26 Å². The molecule has 0 fully saturated rings. The Labute approximate surface area is 92.8 Å². The molecule has 1 atom stereocenters. The lowest BCUT2D eigenvalue weighted by atomic mass is 10.1. The van der Waals surface area contributed by atoms with Gasteiger partial charge in [0.2, 0.25) is 11.2 Å². The van der Waals surface area contributed by atoms with Crippen molar-refractivity contribution in [3.8, 4) is 0 Å². The zero-order valence-electron chi connectivity index (χ0n) is 8.60. The molecule has 80 valence electrons. The third-order valence-corrected chi connectivity index (χ3v) is 2.50. The molecule has 0 spiro atoms. The Balaban J connectivity index is 2.78. The van der Waals surface area contributed by atoms with Crippen LogP contribution in [0, 0.1) is 0 Å². The van der Waals surface area contributed by atoms with Crippen LogP contribution in [0.3, 0.4) is 0 Å². The van der Waals surface area contributed by atoms with E-state index in [9.17, 15) is 9.59 Å². The fourth-order valence-electron chi connectivity index (χ4n) is 1.10. The monoisotopic (exact) mass is 224 g/mol. The van der Waals surface area contributed by atoms with E-state index in [2.05, 4.69) is 0 Å². The maximum atomic E-state index is 11.8. The summed E-state index contributed by atoms with van der Waals surface area (Å²) < 4.78 is 4.89. The molecule has 4 heteroatoms. The van der Waals surface area contributed by atoms with Gasteiger partial charge in [-0.3, -0.25) is 9.59 Å². The van der Waals surface area contributed by atoms with Crippen molar-refractivity contribution in [3.05, 3.63) is 35.9 Å². The van der Waals surface area contributed by atoms with Gasteiger partial charge in [-0.2, -0.15) is 0 Å². The Morgan fingerprint density at radius 2 is 1.87 bits per heavy atom. The molecule has 1 aromatic carbocycles. The van der Waals surface area contributed by atoms with Crippen molar-refractivity contribution in [1.82, 2.24) is 0 Å². The molecule has 0 saturated heterocycles. The summed E-state index contributed by atoms with van der Waals surface area (Å²) in [5.41, 5.74) is -0.192. The van der Waals surface area contributed by atoms with Crippen LogP contribution in [0.2, 0.25) is 0 Å². The van der Waals surface area contributed by atoms with Gasteiger partial charge in [-0.25, -0.2) is 0 Å². The van der Waals surface area contributed by atoms with E-state index in [0.29, 0.717) is 5.56 Å². The molecule has 15 heavy (non-hydrogen) atoms. The standard InChI is InChI=1S/C11H12O3S/c1-8(12)14-11(15-2)10(13)9-6-4-3-5-7-9/h3-7,11H,1-2H3. The van der Waals surface area contributed by atoms with Gasteiger partial charge in [-0.1, -0.05) is 30.3 Å². The molecule has 0 aromatic heterocycles. The number of carbonyl (C=O) groups is 2. The molecule has 3 nitrogen and oxygen atoms in total. The van der Waals surface area contributed by atoms with E-state index < -0.39 is 11.4 Å². The number of esters is 1. The van der Waals surface area contributed by atoms with Gasteiger partial charge in [0, 0.05) is 12.5 Å². The topological polar surface area (TPSA) is 43.4 Å². The van der Waals surface area contributed by atoms with Crippen molar-refractivity contribution in [1.29, 1.82) is 0 Å². The molecule has 1 unspecified atom stereocenters. The van der Waals surface area contributed by atoms with Crippen LogP contribution < -0.4 is 0 Å². The third-order valence-electron chi connectivity index (χ3n) is 1.76. The van der Waals surface area contributed by atoms with E-state index >= 15 is 0 Å². The Bertz CT molecular complexity index is 348. The largest absolute Gasteiger partial charge is 0.443 e. The predicted molar refractivity (Wildman–Crippen MR) is 59.8 cm³/mol. The molecule has 0 aliphatic rings. The van der Waals surface area contributed by atoms with Gasteiger partial charge >= 0.3 is 5.97 Å². The first-order chi connectivity index (χ1) is 7.15. The van der Waals surface area contributed by atoms with Crippen molar-refractivity contribution in [2.24, 2.45) is 0 Å². The summed E-state index contributed by atoms with van der Waals surface area (Å²) in [6.45, 7) is 1.29. The Kier molecular flexibility index (Phi) is 4.37. The molecule has 0 N–H and O–H groups in total. The zero-order chi connectivity index (χ0) is 11.3. The number of thioether (sulfide) groups is 1. The number of Topliss-reactive ketones (excluding diaryl/α,β-unsaturated/α-hetero) is 1. The first-order valence-electron chi connectivity index (χ1n) is 4.44. The lowest BCUT2D eigenvalue weighted by molar-refractivity contribution is -0.141. The molecular weight excluding hydrogens is 212 g/mol. The van der Waals surface area contributed by atoms with Gasteiger partial charge in [0.05, 0.1) is 0 Å². The number of rotatable bonds is 4. The Morgan fingerprint density at radius 3 is 2.33 bits per heavy atom. The molecule has 0 saturated carbocycles. The van der Waals surface area contributed by atoms with Crippen LogP contribution in [0.15, 0.2) is 30.3 Å². The van der Waals surface area contributed by atoms with Crippen LogP contribution in [-0.4, -0.2) is 23.4 Å². The van der Waals surface area contributed by atoms with Crippen LogP contribution >= 0.6 is 11.8 Å². The quantitative estimate of drug-likeness (QED) is 0.446. The minimum atomic E-state index is -0.745. The highest BCUT2D eigenvalue weighted by molar-refractivity contribution is 7.99. The molecule has 0 radical (unpaired) electrons. The first-order valence-corrected chi connectivity index (χ1v) is 5.73. The smallest absolute Gasteiger partial charge is 0.304 e. The van der Waals surface area contributed by atoms with Crippen LogP contribution in [0.5, 0.6) is 0 Å². The second kappa shape index (κ2) is 5.56. The van der Waals surface area contributed by atoms with Crippen LogP contribution in [0.25, 0.3) is 0 Å². The van der Waals surface area contributed by atoms with Crippen LogP contribution in [-0.2, 0) is 9.53 Å². The molecule has 0 heterocycles. The molecule has 1 aromatic rings. The first kappa shape index (κ1) is 11.8. The highest BCUT2D eigenvalue weighted by Crippen LogP contribution is 2.15. The third kappa shape index (κ3) is 3.40. The van der Waals surface area contributed by atoms with Gasteiger partial charge in [0.25, 0.3) is 0 Å². The van der Waals surface area contributed by atoms with E-state index in [1.807, 2.05) is 6.07 Å².